The summed E-state index contributed by atoms with van der Waals surface area (Å²) in [5, 5.41) is 9.92. The Labute approximate surface area is 148 Å². The monoisotopic (exact) mass is 343 g/mol. The molecule has 3 heterocycles. The lowest BCUT2D eigenvalue weighted by Crippen LogP contribution is -2.42. The third-order valence-electron chi connectivity index (χ3n) is 5.52. The molecule has 6 nitrogen and oxygen atoms in total. The summed E-state index contributed by atoms with van der Waals surface area (Å²) in [5.74, 6) is -0.860. The molecule has 0 saturated carbocycles. The van der Waals surface area contributed by atoms with E-state index in [1.165, 1.54) is 0 Å². The second-order valence-corrected chi connectivity index (χ2v) is 7.18. The number of carboxylic acids is 1. The Bertz CT molecular complexity index is 673. The van der Waals surface area contributed by atoms with E-state index in [1.54, 1.807) is 17.2 Å². The molecule has 6 heteroatoms. The number of likely N-dealkylation sites (tertiary alicyclic amines) is 2. The number of carbonyl (C=O) groups excluding carboxylic acids is 1. The van der Waals surface area contributed by atoms with Crippen molar-refractivity contribution in [2.75, 3.05) is 32.7 Å². The number of nitrogens with zero attached hydrogens (tertiary/aromatic N) is 3. The minimum atomic E-state index is -0.760. The molecule has 0 bridgehead atoms. The summed E-state index contributed by atoms with van der Waals surface area (Å²) < 4.78 is 0. The van der Waals surface area contributed by atoms with Gasteiger partial charge in [-0.3, -0.25) is 19.5 Å². The number of hydrogen-bond donors (Lipinski definition) is 1. The van der Waals surface area contributed by atoms with Crippen LogP contribution in [-0.2, 0) is 4.79 Å². The highest BCUT2D eigenvalue weighted by molar-refractivity contribution is 5.94. The van der Waals surface area contributed by atoms with Gasteiger partial charge >= 0.3 is 5.97 Å². The summed E-state index contributed by atoms with van der Waals surface area (Å²) in [6, 6.07) is 3.62. The van der Waals surface area contributed by atoms with Gasteiger partial charge in [-0.05, 0) is 31.9 Å². The lowest BCUT2D eigenvalue weighted by molar-refractivity contribution is -0.150. The predicted molar refractivity (Wildman–Crippen MR) is 94.3 cm³/mol. The number of aromatic nitrogens is 1. The highest BCUT2D eigenvalue weighted by Gasteiger charge is 2.53. The van der Waals surface area contributed by atoms with Crippen LogP contribution in [0.5, 0.6) is 0 Å². The lowest BCUT2D eigenvalue weighted by Gasteiger charge is -2.29. The van der Waals surface area contributed by atoms with Crippen LogP contribution in [0.4, 0.5) is 0 Å². The number of carbonyl (C=O) groups is 2. The van der Waals surface area contributed by atoms with Gasteiger partial charge in [0.1, 0.15) is 0 Å². The zero-order chi connectivity index (χ0) is 18.0. The van der Waals surface area contributed by atoms with Gasteiger partial charge in [0.15, 0.2) is 0 Å². The molecule has 2 aliphatic rings. The first-order valence-corrected chi connectivity index (χ1v) is 8.75. The Hall–Kier alpha value is -2.21. The van der Waals surface area contributed by atoms with E-state index < -0.39 is 11.4 Å². The molecular formula is C19H25N3O3. The van der Waals surface area contributed by atoms with Crippen LogP contribution < -0.4 is 0 Å². The van der Waals surface area contributed by atoms with E-state index in [9.17, 15) is 14.7 Å². The lowest BCUT2D eigenvalue weighted by atomic mass is 9.75. The molecule has 2 atom stereocenters. The highest BCUT2D eigenvalue weighted by Crippen LogP contribution is 2.43. The van der Waals surface area contributed by atoms with E-state index in [0.717, 1.165) is 5.69 Å². The van der Waals surface area contributed by atoms with E-state index in [1.807, 2.05) is 19.1 Å². The molecule has 0 radical (unpaired) electrons. The normalized spacial score (nSPS) is 26.8. The van der Waals surface area contributed by atoms with Gasteiger partial charge in [0.25, 0.3) is 5.91 Å². The van der Waals surface area contributed by atoms with Crippen molar-refractivity contribution in [1.82, 2.24) is 14.8 Å². The van der Waals surface area contributed by atoms with Gasteiger partial charge in [-0.25, -0.2) is 0 Å². The van der Waals surface area contributed by atoms with Gasteiger partial charge in [-0.15, -0.1) is 6.58 Å². The predicted octanol–water partition coefficient (Wildman–Crippen LogP) is 1.81. The standard InChI is InChI=1S/C19H25N3O3/c1-3-8-21-11-16-12-22(9-4-7-19(16,13-21)18(24)25)17(23)15-6-5-14(2)20-10-15/h3,5-6,10,16H,1,4,7-9,11-13H2,2H3,(H,24,25)/t16-,19+/m1/s1. The van der Waals surface area contributed by atoms with Crippen LogP contribution >= 0.6 is 0 Å². The van der Waals surface area contributed by atoms with Crippen molar-refractivity contribution >= 4 is 11.9 Å². The van der Waals surface area contributed by atoms with E-state index in [2.05, 4.69) is 16.5 Å². The van der Waals surface area contributed by atoms with Gasteiger partial charge < -0.3 is 10.0 Å². The average molecular weight is 343 g/mol. The maximum atomic E-state index is 12.8. The van der Waals surface area contributed by atoms with Crippen LogP contribution in [0.15, 0.2) is 31.0 Å². The van der Waals surface area contributed by atoms with Crippen molar-refractivity contribution in [2.24, 2.45) is 11.3 Å². The van der Waals surface area contributed by atoms with Crippen molar-refractivity contribution in [1.29, 1.82) is 0 Å². The maximum absolute atomic E-state index is 12.8. The van der Waals surface area contributed by atoms with Crippen molar-refractivity contribution in [3.8, 4) is 0 Å². The number of aryl methyl sites for hydroxylation is 1. The van der Waals surface area contributed by atoms with Crippen LogP contribution in [0, 0.1) is 18.3 Å². The molecule has 1 amide bonds. The third-order valence-corrected chi connectivity index (χ3v) is 5.52. The fraction of sp³-hybridized carbons (Fsp3) is 0.526. The first-order chi connectivity index (χ1) is 12.0. The fourth-order valence-electron chi connectivity index (χ4n) is 4.17. The minimum absolute atomic E-state index is 0.0594. The maximum Gasteiger partial charge on any atom is 0.311 e. The summed E-state index contributed by atoms with van der Waals surface area (Å²) in [4.78, 5) is 33.1. The van der Waals surface area contributed by atoms with Crippen molar-refractivity contribution in [2.45, 2.75) is 19.8 Å². The zero-order valence-electron chi connectivity index (χ0n) is 14.6. The van der Waals surface area contributed by atoms with E-state index in [0.29, 0.717) is 51.1 Å². The second-order valence-electron chi connectivity index (χ2n) is 7.18. The summed E-state index contributed by atoms with van der Waals surface area (Å²) in [6.07, 6.45) is 4.72. The number of pyridine rings is 1. The molecule has 2 saturated heterocycles. The van der Waals surface area contributed by atoms with Crippen molar-refractivity contribution in [3.63, 3.8) is 0 Å². The van der Waals surface area contributed by atoms with Gasteiger partial charge in [-0.2, -0.15) is 0 Å². The Morgan fingerprint density at radius 2 is 2.24 bits per heavy atom. The quantitative estimate of drug-likeness (QED) is 0.844. The van der Waals surface area contributed by atoms with Crippen molar-refractivity contribution in [3.05, 3.63) is 42.2 Å². The fourth-order valence-corrected chi connectivity index (χ4v) is 4.17. The Morgan fingerprint density at radius 3 is 2.88 bits per heavy atom. The molecule has 0 unspecified atom stereocenters. The third kappa shape index (κ3) is 3.31. The van der Waals surface area contributed by atoms with Gasteiger partial charge in [0, 0.05) is 50.5 Å². The first kappa shape index (κ1) is 17.6. The first-order valence-electron chi connectivity index (χ1n) is 8.75. The molecule has 2 aliphatic heterocycles. The van der Waals surface area contributed by atoms with Crippen LogP contribution in [0.2, 0.25) is 0 Å². The summed E-state index contributed by atoms with van der Waals surface area (Å²) in [6.45, 7) is 8.62. The van der Waals surface area contributed by atoms with Crippen LogP contribution in [0.3, 0.4) is 0 Å². The molecule has 1 aromatic rings. The van der Waals surface area contributed by atoms with Gasteiger partial charge in [0.05, 0.1) is 11.0 Å². The average Bonchev–Trinajstić information content (AvgIpc) is 2.82. The van der Waals surface area contributed by atoms with Gasteiger partial charge in [-0.1, -0.05) is 6.08 Å². The zero-order valence-corrected chi connectivity index (χ0v) is 14.6. The molecule has 1 aromatic heterocycles. The van der Waals surface area contributed by atoms with E-state index in [4.69, 9.17) is 0 Å². The molecule has 0 aromatic carbocycles. The highest BCUT2D eigenvalue weighted by atomic mass is 16.4. The molecule has 134 valence electrons. The summed E-state index contributed by atoms with van der Waals surface area (Å²) in [5.41, 5.74) is 0.673. The topological polar surface area (TPSA) is 73.7 Å². The number of amides is 1. The number of hydrogen-bond acceptors (Lipinski definition) is 4. The van der Waals surface area contributed by atoms with Crippen LogP contribution in [0.1, 0.15) is 28.9 Å². The molecular weight excluding hydrogens is 318 g/mol. The Balaban J connectivity index is 1.82. The van der Waals surface area contributed by atoms with E-state index >= 15 is 0 Å². The number of fused-ring (bicyclic) bond motifs is 1. The molecule has 3 rings (SSSR count). The largest absolute Gasteiger partial charge is 0.481 e. The minimum Gasteiger partial charge on any atom is -0.481 e. The Kier molecular flexibility index (Phi) is 4.90. The number of carboxylic acid groups (broad SMARTS) is 1. The Morgan fingerprint density at radius 1 is 1.44 bits per heavy atom. The number of aliphatic carboxylic acids is 1. The molecule has 0 spiro atoms. The molecule has 25 heavy (non-hydrogen) atoms. The number of rotatable bonds is 4. The second kappa shape index (κ2) is 6.96. The van der Waals surface area contributed by atoms with Crippen LogP contribution in [0.25, 0.3) is 0 Å². The van der Waals surface area contributed by atoms with E-state index in [-0.39, 0.29) is 11.8 Å². The van der Waals surface area contributed by atoms with Crippen molar-refractivity contribution < 1.29 is 14.7 Å². The smallest absolute Gasteiger partial charge is 0.311 e. The SMILES string of the molecule is C=CCN1C[C@@H]2CN(C(=O)c3ccc(C)nc3)CCC[C@]2(C(=O)O)C1. The molecule has 1 N–H and O–H groups in total. The van der Waals surface area contributed by atoms with Crippen LogP contribution in [-0.4, -0.2) is 64.5 Å². The summed E-state index contributed by atoms with van der Waals surface area (Å²) >= 11 is 0. The molecule has 0 aliphatic carbocycles. The molecule has 2 fully saturated rings. The summed E-state index contributed by atoms with van der Waals surface area (Å²) in [7, 11) is 0. The van der Waals surface area contributed by atoms with Gasteiger partial charge in [0.2, 0.25) is 0 Å².